The molecule has 1 aliphatic rings. The van der Waals surface area contributed by atoms with Crippen LogP contribution < -0.4 is 10.0 Å². The lowest BCUT2D eigenvalue weighted by Crippen LogP contribution is -2.27. The number of benzene rings is 1. The second-order valence-corrected chi connectivity index (χ2v) is 7.27. The van der Waals surface area contributed by atoms with Gasteiger partial charge in [0.25, 0.3) is 15.9 Å². The average Bonchev–Trinajstić information content (AvgIpc) is 3.18. The minimum atomic E-state index is -3.69. The quantitative estimate of drug-likeness (QED) is 0.848. The van der Waals surface area contributed by atoms with E-state index in [1.807, 2.05) is 37.3 Å². The zero-order chi connectivity index (χ0) is 16.4. The molecule has 1 aromatic heterocycles. The Morgan fingerprint density at radius 1 is 1.17 bits per heavy atom. The zero-order valence-electron chi connectivity index (χ0n) is 12.7. The highest BCUT2D eigenvalue weighted by Crippen LogP contribution is 2.23. The van der Waals surface area contributed by atoms with E-state index in [-0.39, 0.29) is 22.9 Å². The molecule has 1 aromatic carbocycles. The van der Waals surface area contributed by atoms with E-state index in [9.17, 15) is 13.2 Å². The topological polar surface area (TPSA) is 88.4 Å². The predicted octanol–water partition coefficient (Wildman–Crippen LogP) is 2.21. The van der Waals surface area contributed by atoms with Gasteiger partial charge in [0, 0.05) is 6.04 Å². The minimum Gasteiger partial charge on any atom is -0.438 e. The second kappa shape index (κ2) is 6.17. The molecule has 1 heterocycles. The van der Waals surface area contributed by atoms with E-state index in [2.05, 4.69) is 10.0 Å². The fourth-order valence-corrected chi connectivity index (χ4v) is 3.40. The van der Waals surface area contributed by atoms with E-state index < -0.39 is 15.9 Å². The fraction of sp³-hybridized carbons (Fsp3) is 0.312. The lowest BCUT2D eigenvalue weighted by molar-refractivity contribution is 0.0906. The number of carbonyl (C=O) groups is 1. The summed E-state index contributed by atoms with van der Waals surface area (Å²) in [6.45, 7) is 1.85. The molecule has 0 saturated heterocycles. The Bertz CT molecular complexity index is 794. The first-order chi connectivity index (χ1) is 11.0. The Kier molecular flexibility index (Phi) is 4.23. The number of furan rings is 1. The molecule has 1 unspecified atom stereocenters. The Morgan fingerprint density at radius 3 is 2.52 bits per heavy atom. The Balaban J connectivity index is 1.68. The van der Waals surface area contributed by atoms with E-state index in [0.717, 1.165) is 18.4 Å². The number of hydrogen-bond acceptors (Lipinski definition) is 4. The third-order valence-electron chi connectivity index (χ3n) is 3.62. The van der Waals surface area contributed by atoms with Gasteiger partial charge in [-0.2, -0.15) is 0 Å². The van der Waals surface area contributed by atoms with Crippen LogP contribution in [0.4, 0.5) is 0 Å². The molecule has 122 valence electrons. The molecule has 1 atom stereocenters. The molecule has 1 fully saturated rings. The van der Waals surface area contributed by atoms with Crippen LogP contribution in [0.5, 0.6) is 0 Å². The molecule has 1 saturated carbocycles. The molecule has 2 N–H and O–H groups in total. The Labute approximate surface area is 134 Å². The number of carbonyl (C=O) groups excluding carboxylic acids is 1. The van der Waals surface area contributed by atoms with Crippen molar-refractivity contribution in [1.29, 1.82) is 0 Å². The molecule has 3 rings (SSSR count). The lowest BCUT2D eigenvalue weighted by Gasteiger charge is -2.13. The Morgan fingerprint density at radius 2 is 1.87 bits per heavy atom. The molecular formula is C16H18N2O4S. The molecule has 0 spiro atoms. The van der Waals surface area contributed by atoms with Crippen LogP contribution in [0.15, 0.2) is 52.0 Å². The van der Waals surface area contributed by atoms with Gasteiger partial charge in [-0.1, -0.05) is 30.3 Å². The van der Waals surface area contributed by atoms with Crippen LogP contribution in [-0.2, 0) is 10.0 Å². The number of rotatable bonds is 6. The summed E-state index contributed by atoms with van der Waals surface area (Å²) in [5, 5.41) is 2.55. The lowest BCUT2D eigenvalue weighted by atomic mass is 10.1. The van der Waals surface area contributed by atoms with Gasteiger partial charge in [-0.15, -0.1) is 0 Å². The highest BCUT2D eigenvalue weighted by molar-refractivity contribution is 7.89. The van der Waals surface area contributed by atoms with Crippen molar-refractivity contribution in [2.24, 2.45) is 0 Å². The van der Waals surface area contributed by atoms with E-state index in [0.29, 0.717) is 0 Å². The number of hydrogen-bond donors (Lipinski definition) is 2. The predicted molar refractivity (Wildman–Crippen MR) is 84.4 cm³/mol. The molecule has 6 nitrogen and oxygen atoms in total. The second-order valence-electron chi connectivity index (χ2n) is 5.62. The zero-order valence-corrected chi connectivity index (χ0v) is 13.5. The highest BCUT2D eigenvalue weighted by atomic mass is 32.2. The molecule has 7 heteroatoms. The maximum absolute atomic E-state index is 12.2. The summed E-state index contributed by atoms with van der Waals surface area (Å²) < 4.78 is 31.8. The third kappa shape index (κ3) is 3.80. The van der Waals surface area contributed by atoms with E-state index in [1.54, 1.807) is 0 Å². The third-order valence-corrected chi connectivity index (χ3v) is 5.01. The van der Waals surface area contributed by atoms with Gasteiger partial charge in [0.2, 0.25) is 5.09 Å². The monoisotopic (exact) mass is 334 g/mol. The standard InChI is InChI=1S/C16H18N2O4S/c1-11(12-5-3-2-4-6-12)17-16(19)14-9-10-15(22-14)23(20,21)18-13-7-8-13/h2-6,9-11,13,18H,7-8H2,1H3,(H,17,19). The van der Waals surface area contributed by atoms with E-state index >= 15 is 0 Å². The fourth-order valence-electron chi connectivity index (χ4n) is 2.16. The summed E-state index contributed by atoms with van der Waals surface area (Å²) in [6, 6.07) is 11.9. The van der Waals surface area contributed by atoms with Crippen molar-refractivity contribution in [3.05, 3.63) is 53.8 Å². The summed E-state index contributed by atoms with van der Waals surface area (Å²) in [6.07, 6.45) is 1.67. The molecular weight excluding hydrogens is 316 g/mol. The molecule has 0 radical (unpaired) electrons. The number of nitrogens with one attached hydrogen (secondary N) is 2. The summed E-state index contributed by atoms with van der Waals surface area (Å²) in [5.74, 6) is -0.474. The number of sulfonamides is 1. The maximum atomic E-state index is 12.2. The van der Waals surface area contributed by atoms with Crippen LogP contribution in [0.25, 0.3) is 0 Å². The van der Waals surface area contributed by atoms with Crippen molar-refractivity contribution in [2.75, 3.05) is 0 Å². The molecule has 23 heavy (non-hydrogen) atoms. The first-order valence-corrected chi connectivity index (χ1v) is 8.92. The van der Waals surface area contributed by atoms with Gasteiger partial charge in [-0.3, -0.25) is 4.79 Å². The van der Waals surface area contributed by atoms with Crippen molar-refractivity contribution in [3.63, 3.8) is 0 Å². The van der Waals surface area contributed by atoms with Gasteiger partial charge in [-0.25, -0.2) is 13.1 Å². The van der Waals surface area contributed by atoms with Crippen molar-refractivity contribution in [2.45, 2.75) is 36.9 Å². The van der Waals surface area contributed by atoms with Crippen molar-refractivity contribution in [1.82, 2.24) is 10.0 Å². The van der Waals surface area contributed by atoms with Crippen molar-refractivity contribution < 1.29 is 17.6 Å². The van der Waals surface area contributed by atoms with Crippen LogP contribution in [0.3, 0.4) is 0 Å². The van der Waals surface area contributed by atoms with Crippen LogP contribution in [0.2, 0.25) is 0 Å². The summed E-state index contributed by atoms with van der Waals surface area (Å²) in [5.41, 5.74) is 0.954. The highest BCUT2D eigenvalue weighted by Gasteiger charge is 2.30. The van der Waals surface area contributed by atoms with Crippen LogP contribution in [0.1, 0.15) is 41.9 Å². The normalized spacial score (nSPS) is 16.0. The average molecular weight is 334 g/mol. The SMILES string of the molecule is CC(NC(=O)c1ccc(S(=O)(=O)NC2CC2)o1)c1ccccc1. The van der Waals surface area contributed by atoms with Gasteiger partial charge in [0.15, 0.2) is 5.76 Å². The number of amides is 1. The first kappa shape index (κ1) is 15.8. The summed E-state index contributed by atoms with van der Waals surface area (Å²) in [7, 11) is -3.69. The van der Waals surface area contributed by atoms with Crippen molar-refractivity contribution >= 4 is 15.9 Å². The van der Waals surface area contributed by atoms with Gasteiger partial charge in [0.1, 0.15) is 0 Å². The van der Waals surface area contributed by atoms with E-state index in [1.165, 1.54) is 12.1 Å². The van der Waals surface area contributed by atoms with Gasteiger partial charge in [-0.05, 0) is 37.5 Å². The van der Waals surface area contributed by atoms with Gasteiger partial charge in [0.05, 0.1) is 6.04 Å². The van der Waals surface area contributed by atoms with Crippen LogP contribution >= 0.6 is 0 Å². The maximum Gasteiger partial charge on any atom is 0.287 e. The summed E-state index contributed by atoms with van der Waals surface area (Å²) in [4.78, 5) is 12.2. The van der Waals surface area contributed by atoms with Gasteiger partial charge >= 0.3 is 0 Å². The van der Waals surface area contributed by atoms with Crippen molar-refractivity contribution in [3.8, 4) is 0 Å². The molecule has 1 amide bonds. The minimum absolute atomic E-state index is 0.0134. The summed E-state index contributed by atoms with van der Waals surface area (Å²) >= 11 is 0. The van der Waals surface area contributed by atoms with Crippen LogP contribution in [-0.4, -0.2) is 20.4 Å². The van der Waals surface area contributed by atoms with Crippen LogP contribution in [0, 0.1) is 0 Å². The molecule has 0 bridgehead atoms. The largest absolute Gasteiger partial charge is 0.438 e. The smallest absolute Gasteiger partial charge is 0.287 e. The van der Waals surface area contributed by atoms with Gasteiger partial charge < -0.3 is 9.73 Å². The molecule has 2 aromatic rings. The molecule has 1 aliphatic carbocycles. The first-order valence-electron chi connectivity index (χ1n) is 7.44. The Hall–Kier alpha value is -2.12. The molecule has 0 aliphatic heterocycles. The van der Waals surface area contributed by atoms with E-state index in [4.69, 9.17) is 4.42 Å².